The van der Waals surface area contributed by atoms with Gasteiger partial charge in [-0.3, -0.25) is 10.2 Å². The number of anilines is 1. The van der Waals surface area contributed by atoms with Crippen molar-refractivity contribution in [3.63, 3.8) is 0 Å². The lowest BCUT2D eigenvalue weighted by Gasteiger charge is -2.12. The summed E-state index contributed by atoms with van der Waals surface area (Å²) in [6.07, 6.45) is 0. The number of carbonyl (C=O) groups excluding carboxylic acids is 1. The van der Waals surface area contributed by atoms with Crippen LogP contribution < -0.4 is 20.5 Å². The van der Waals surface area contributed by atoms with Gasteiger partial charge in [0.15, 0.2) is 30.5 Å². The van der Waals surface area contributed by atoms with Crippen molar-refractivity contribution >= 4 is 40.3 Å². The molecule has 1 amide bonds. The monoisotopic (exact) mass is 427 g/mol. The minimum Gasteiger partial charge on any atom is -0.479 e. The maximum atomic E-state index is 12.6. The molecule has 2 aromatic carbocycles. The molecule has 0 bridgehead atoms. The molecule has 11 nitrogen and oxygen atoms in total. The maximum Gasteiger partial charge on any atom is 0.341 e. The van der Waals surface area contributed by atoms with E-state index in [9.17, 15) is 14.4 Å². The molecule has 3 aromatic rings. The Bertz CT molecular complexity index is 1180. The van der Waals surface area contributed by atoms with Crippen LogP contribution in [0.15, 0.2) is 46.9 Å². The molecule has 11 heteroatoms. The Hall–Kier alpha value is -4.54. The molecule has 1 aromatic heterocycles. The van der Waals surface area contributed by atoms with Crippen molar-refractivity contribution in [1.82, 2.24) is 0 Å². The molecular weight excluding hydrogens is 410 g/mol. The third kappa shape index (κ3) is 5.29. The Morgan fingerprint density at radius 1 is 0.968 bits per heavy atom. The van der Waals surface area contributed by atoms with Crippen LogP contribution in [0.4, 0.5) is 5.69 Å². The molecule has 0 aliphatic heterocycles. The molecule has 3 rings (SSSR count). The van der Waals surface area contributed by atoms with E-state index in [1.54, 1.807) is 18.2 Å². The summed E-state index contributed by atoms with van der Waals surface area (Å²) in [6, 6.07) is 10.4. The molecule has 1 heterocycles. The number of carbonyl (C=O) groups is 3. The van der Waals surface area contributed by atoms with Crippen LogP contribution in [0.3, 0.4) is 0 Å². The second-order valence-corrected chi connectivity index (χ2v) is 6.26. The van der Waals surface area contributed by atoms with E-state index in [0.29, 0.717) is 16.5 Å². The molecule has 160 valence electrons. The number of benzene rings is 2. The lowest BCUT2D eigenvalue weighted by atomic mass is 10.1. The molecular formula is C20H17N3O8. The van der Waals surface area contributed by atoms with Gasteiger partial charge >= 0.3 is 11.9 Å². The molecule has 0 spiro atoms. The highest BCUT2D eigenvalue weighted by molar-refractivity contribution is 6.05. The first-order valence-electron chi connectivity index (χ1n) is 8.75. The van der Waals surface area contributed by atoms with Gasteiger partial charge in [-0.2, -0.15) is 0 Å². The number of carboxylic acids is 2. The van der Waals surface area contributed by atoms with Gasteiger partial charge in [0.1, 0.15) is 11.4 Å². The zero-order chi connectivity index (χ0) is 22.5. The number of nitrogens with two attached hydrogens (primary N) is 1. The zero-order valence-corrected chi connectivity index (χ0v) is 15.9. The van der Waals surface area contributed by atoms with Gasteiger partial charge in [-0.1, -0.05) is 0 Å². The highest BCUT2D eigenvalue weighted by Crippen LogP contribution is 2.31. The lowest BCUT2D eigenvalue weighted by molar-refractivity contribution is -0.140. The first-order valence-corrected chi connectivity index (χ1v) is 8.75. The number of fused-ring (bicyclic) bond motifs is 1. The molecule has 31 heavy (non-hydrogen) atoms. The van der Waals surface area contributed by atoms with Gasteiger partial charge in [0.25, 0.3) is 5.91 Å². The summed E-state index contributed by atoms with van der Waals surface area (Å²) in [5.41, 5.74) is 6.61. The van der Waals surface area contributed by atoms with Crippen molar-refractivity contribution in [2.75, 3.05) is 18.5 Å². The van der Waals surface area contributed by atoms with E-state index < -0.39 is 31.1 Å². The largest absolute Gasteiger partial charge is 0.479 e. The number of hydrogen-bond donors (Lipinski definition) is 5. The standard InChI is InChI=1S/C20H17N3O8/c21-19(22)10-1-3-13-11(5-10)6-16(31-13)20(28)23-12-2-4-14(29-8-17(24)25)15(7-12)30-9-18(26)27/h1-7H,8-9H2,(H3,21,22)(H,23,28)(H,24,25)(H,26,27). The van der Waals surface area contributed by atoms with Crippen molar-refractivity contribution in [2.45, 2.75) is 0 Å². The number of hydrogen-bond acceptors (Lipinski definition) is 7. The van der Waals surface area contributed by atoms with Crippen LogP contribution in [0.1, 0.15) is 16.1 Å². The fourth-order valence-corrected chi connectivity index (χ4v) is 2.61. The molecule has 0 atom stereocenters. The van der Waals surface area contributed by atoms with Crippen molar-refractivity contribution in [3.8, 4) is 11.5 Å². The summed E-state index contributed by atoms with van der Waals surface area (Å²) in [4.78, 5) is 34.1. The van der Waals surface area contributed by atoms with E-state index in [4.69, 9.17) is 35.2 Å². The van der Waals surface area contributed by atoms with Gasteiger partial charge in [-0.25, -0.2) is 9.59 Å². The summed E-state index contributed by atoms with van der Waals surface area (Å²) in [6.45, 7) is -1.35. The average molecular weight is 427 g/mol. The molecule has 0 aliphatic rings. The van der Waals surface area contributed by atoms with E-state index in [2.05, 4.69) is 5.32 Å². The number of carboxylic acid groups (broad SMARTS) is 2. The smallest absolute Gasteiger partial charge is 0.341 e. The summed E-state index contributed by atoms with van der Waals surface area (Å²) in [5.74, 6) is -3.24. The molecule has 0 aliphatic carbocycles. The third-order valence-electron chi connectivity index (χ3n) is 3.95. The van der Waals surface area contributed by atoms with Crippen LogP contribution >= 0.6 is 0 Å². The van der Waals surface area contributed by atoms with Gasteiger partial charge in [0, 0.05) is 22.7 Å². The van der Waals surface area contributed by atoms with E-state index in [1.165, 1.54) is 24.3 Å². The number of amidine groups is 1. The normalized spacial score (nSPS) is 10.5. The summed E-state index contributed by atoms with van der Waals surface area (Å²) < 4.78 is 15.7. The Balaban J connectivity index is 1.81. The van der Waals surface area contributed by atoms with E-state index in [0.717, 1.165) is 0 Å². The lowest BCUT2D eigenvalue weighted by Crippen LogP contribution is -2.14. The van der Waals surface area contributed by atoms with Gasteiger partial charge in [-0.05, 0) is 36.4 Å². The number of ether oxygens (including phenoxy) is 2. The molecule has 0 saturated carbocycles. The first kappa shape index (κ1) is 21.2. The van der Waals surface area contributed by atoms with Crippen LogP contribution in [-0.2, 0) is 9.59 Å². The van der Waals surface area contributed by atoms with Gasteiger partial charge in [-0.15, -0.1) is 0 Å². The predicted octanol–water partition coefficient (Wildman–Crippen LogP) is 1.90. The number of furan rings is 1. The summed E-state index contributed by atoms with van der Waals surface area (Å²) in [7, 11) is 0. The second kappa shape index (κ2) is 8.86. The molecule has 0 radical (unpaired) electrons. The number of amides is 1. The second-order valence-electron chi connectivity index (χ2n) is 6.26. The number of nitrogens with one attached hydrogen (secondary N) is 2. The quantitative estimate of drug-likeness (QED) is 0.251. The van der Waals surface area contributed by atoms with Gasteiger partial charge in [0.05, 0.1) is 0 Å². The Morgan fingerprint density at radius 2 is 1.65 bits per heavy atom. The minimum absolute atomic E-state index is 0.00199. The predicted molar refractivity (Wildman–Crippen MR) is 108 cm³/mol. The van der Waals surface area contributed by atoms with Gasteiger partial charge in [0.2, 0.25) is 0 Å². The zero-order valence-electron chi connectivity index (χ0n) is 15.9. The number of aliphatic carboxylic acids is 2. The van der Waals surface area contributed by atoms with Crippen molar-refractivity contribution in [3.05, 3.63) is 53.8 Å². The number of rotatable bonds is 9. The number of nitrogen functional groups attached to an aromatic ring is 1. The fraction of sp³-hybridized carbons (Fsp3) is 0.100. The maximum absolute atomic E-state index is 12.6. The van der Waals surface area contributed by atoms with Crippen LogP contribution in [0.2, 0.25) is 0 Å². The van der Waals surface area contributed by atoms with Crippen LogP contribution in [-0.4, -0.2) is 47.1 Å². The Kier molecular flexibility index (Phi) is 6.05. The van der Waals surface area contributed by atoms with E-state index >= 15 is 0 Å². The molecule has 0 saturated heterocycles. The molecule has 6 N–H and O–H groups in total. The minimum atomic E-state index is -1.24. The molecule has 0 unspecified atom stereocenters. The van der Waals surface area contributed by atoms with E-state index in [1.807, 2.05) is 0 Å². The van der Waals surface area contributed by atoms with Crippen molar-refractivity contribution < 1.29 is 38.5 Å². The van der Waals surface area contributed by atoms with Crippen LogP contribution in [0.25, 0.3) is 11.0 Å². The average Bonchev–Trinajstić information content (AvgIpc) is 3.14. The highest BCUT2D eigenvalue weighted by atomic mass is 16.5. The van der Waals surface area contributed by atoms with Crippen LogP contribution in [0.5, 0.6) is 11.5 Å². The van der Waals surface area contributed by atoms with Crippen molar-refractivity contribution in [2.24, 2.45) is 5.73 Å². The third-order valence-corrected chi connectivity index (χ3v) is 3.95. The topological polar surface area (TPSA) is 185 Å². The summed E-state index contributed by atoms with van der Waals surface area (Å²) in [5, 5.41) is 28.2. The Morgan fingerprint density at radius 3 is 2.29 bits per heavy atom. The summed E-state index contributed by atoms with van der Waals surface area (Å²) >= 11 is 0. The van der Waals surface area contributed by atoms with Gasteiger partial charge < -0.3 is 35.2 Å². The SMILES string of the molecule is N=C(N)c1ccc2oc(C(=O)Nc3ccc(OCC(=O)O)c(OCC(=O)O)c3)cc2c1. The van der Waals surface area contributed by atoms with Crippen LogP contribution in [0, 0.1) is 5.41 Å². The Labute approximate surface area is 174 Å². The first-order chi connectivity index (χ1) is 14.7. The molecule has 0 fully saturated rings. The highest BCUT2D eigenvalue weighted by Gasteiger charge is 2.16. The fourth-order valence-electron chi connectivity index (χ4n) is 2.61. The van der Waals surface area contributed by atoms with Crippen molar-refractivity contribution in [1.29, 1.82) is 5.41 Å². The van der Waals surface area contributed by atoms with E-state index in [-0.39, 0.29) is 28.8 Å².